The maximum atomic E-state index is 12.5. The van der Waals surface area contributed by atoms with Gasteiger partial charge in [0.25, 0.3) is 0 Å². The van der Waals surface area contributed by atoms with Gasteiger partial charge in [0.15, 0.2) is 0 Å². The lowest BCUT2D eigenvalue weighted by Gasteiger charge is -2.23. The third kappa shape index (κ3) is 12.0. The smallest absolute Gasteiger partial charge is 0.322 e. The third-order valence-corrected chi connectivity index (χ3v) is 3.99. The standard InChI is InChI=1S/C17H27N5O11/c1-7(14(30)22-10(6-23)16(32)19-5-13(28)29)20-17(33)9(2-3-11(24)25)21-15(31)8(18)4-12(26)27/h7-10,23H,2-6,18H2,1H3,(H,19,32)(H,20,33)(H,21,31)(H,22,30)(H,24,25)(H,26,27)(H,28,29)/t7-,8-,9-,10-/m0/s1. The van der Waals surface area contributed by atoms with Crippen LogP contribution in [0.3, 0.4) is 0 Å². The fourth-order valence-corrected chi connectivity index (χ4v) is 2.25. The highest BCUT2D eigenvalue weighted by atomic mass is 16.4. The minimum Gasteiger partial charge on any atom is -0.481 e. The van der Waals surface area contributed by atoms with Crippen LogP contribution >= 0.6 is 0 Å². The molecule has 16 nitrogen and oxygen atoms in total. The van der Waals surface area contributed by atoms with E-state index >= 15 is 0 Å². The summed E-state index contributed by atoms with van der Waals surface area (Å²) >= 11 is 0. The number of aliphatic carboxylic acids is 3. The van der Waals surface area contributed by atoms with Crippen LogP contribution in [0.1, 0.15) is 26.2 Å². The number of nitrogens with one attached hydrogen (secondary N) is 4. The van der Waals surface area contributed by atoms with E-state index in [-0.39, 0.29) is 0 Å². The summed E-state index contributed by atoms with van der Waals surface area (Å²) in [5.41, 5.74) is 5.41. The predicted octanol–water partition coefficient (Wildman–Crippen LogP) is -4.68. The van der Waals surface area contributed by atoms with Gasteiger partial charge in [-0.2, -0.15) is 0 Å². The predicted molar refractivity (Wildman–Crippen MR) is 106 cm³/mol. The number of carboxylic acids is 3. The van der Waals surface area contributed by atoms with Crippen LogP contribution in [0, 0.1) is 0 Å². The highest BCUT2D eigenvalue weighted by Crippen LogP contribution is 2.01. The normalized spacial score (nSPS) is 14.0. The molecule has 0 rings (SSSR count). The first-order valence-electron chi connectivity index (χ1n) is 9.49. The van der Waals surface area contributed by atoms with Gasteiger partial charge in [-0.3, -0.25) is 33.6 Å². The summed E-state index contributed by atoms with van der Waals surface area (Å²) in [5.74, 6) is -8.00. The molecular weight excluding hydrogens is 450 g/mol. The second-order valence-corrected chi connectivity index (χ2v) is 6.78. The van der Waals surface area contributed by atoms with Crippen molar-refractivity contribution >= 4 is 41.5 Å². The molecule has 0 aliphatic heterocycles. The first kappa shape index (κ1) is 29.2. The molecule has 0 aliphatic carbocycles. The van der Waals surface area contributed by atoms with Gasteiger partial charge < -0.3 is 47.4 Å². The molecular formula is C17H27N5O11. The summed E-state index contributed by atoms with van der Waals surface area (Å²) in [5, 5.41) is 43.6. The van der Waals surface area contributed by atoms with Crippen molar-refractivity contribution in [1.29, 1.82) is 0 Å². The van der Waals surface area contributed by atoms with Crippen LogP contribution in [0.5, 0.6) is 0 Å². The summed E-state index contributed by atoms with van der Waals surface area (Å²) in [7, 11) is 0. The second-order valence-electron chi connectivity index (χ2n) is 6.78. The van der Waals surface area contributed by atoms with Gasteiger partial charge in [-0.25, -0.2) is 0 Å². The van der Waals surface area contributed by atoms with Crippen LogP contribution in [-0.2, 0) is 33.6 Å². The number of carbonyl (C=O) groups excluding carboxylic acids is 4. The van der Waals surface area contributed by atoms with Crippen molar-refractivity contribution in [3.05, 3.63) is 0 Å². The monoisotopic (exact) mass is 477 g/mol. The Morgan fingerprint density at radius 3 is 1.82 bits per heavy atom. The van der Waals surface area contributed by atoms with Crippen molar-refractivity contribution in [2.75, 3.05) is 13.2 Å². The highest BCUT2D eigenvalue weighted by molar-refractivity contribution is 5.95. The van der Waals surface area contributed by atoms with Crippen LogP contribution in [0.2, 0.25) is 0 Å². The molecule has 4 amide bonds. The van der Waals surface area contributed by atoms with Crippen LogP contribution < -0.4 is 27.0 Å². The highest BCUT2D eigenvalue weighted by Gasteiger charge is 2.29. The van der Waals surface area contributed by atoms with Crippen molar-refractivity contribution in [3.63, 3.8) is 0 Å². The molecule has 33 heavy (non-hydrogen) atoms. The molecule has 0 aromatic carbocycles. The SMILES string of the molecule is C[C@H](NC(=O)[C@H](CCC(=O)O)NC(=O)[C@@H](N)CC(=O)O)C(=O)N[C@@H](CO)C(=O)NCC(=O)O. The van der Waals surface area contributed by atoms with E-state index in [9.17, 15) is 38.7 Å². The Balaban J connectivity index is 5.12. The summed E-state index contributed by atoms with van der Waals surface area (Å²) in [6.45, 7) is -0.452. The zero-order valence-corrected chi connectivity index (χ0v) is 17.6. The van der Waals surface area contributed by atoms with E-state index in [0.29, 0.717) is 0 Å². The van der Waals surface area contributed by atoms with Gasteiger partial charge in [0.2, 0.25) is 23.6 Å². The maximum absolute atomic E-state index is 12.5. The van der Waals surface area contributed by atoms with E-state index in [4.69, 9.17) is 21.1 Å². The molecule has 0 aromatic rings. The van der Waals surface area contributed by atoms with Crippen LogP contribution in [0.4, 0.5) is 0 Å². The Morgan fingerprint density at radius 1 is 0.758 bits per heavy atom. The summed E-state index contributed by atoms with van der Waals surface area (Å²) in [6, 6.07) is -5.85. The molecule has 0 unspecified atom stereocenters. The number of carbonyl (C=O) groups is 7. The van der Waals surface area contributed by atoms with Crippen LogP contribution in [-0.4, -0.2) is 99.3 Å². The molecule has 0 bridgehead atoms. The largest absolute Gasteiger partial charge is 0.481 e. The lowest BCUT2D eigenvalue weighted by Crippen LogP contribution is -2.57. The molecule has 186 valence electrons. The van der Waals surface area contributed by atoms with Crippen molar-refractivity contribution < 1.29 is 54.0 Å². The third-order valence-electron chi connectivity index (χ3n) is 3.99. The Hall–Kier alpha value is -3.79. The zero-order valence-electron chi connectivity index (χ0n) is 17.6. The van der Waals surface area contributed by atoms with Gasteiger partial charge in [0, 0.05) is 6.42 Å². The first-order valence-corrected chi connectivity index (χ1v) is 9.49. The molecule has 0 spiro atoms. The molecule has 0 saturated carbocycles. The van der Waals surface area contributed by atoms with Gasteiger partial charge in [0.1, 0.15) is 24.7 Å². The van der Waals surface area contributed by atoms with E-state index in [0.717, 1.165) is 0 Å². The van der Waals surface area contributed by atoms with E-state index in [1.165, 1.54) is 6.92 Å². The fraction of sp³-hybridized carbons (Fsp3) is 0.588. The first-order chi connectivity index (χ1) is 15.3. The summed E-state index contributed by atoms with van der Waals surface area (Å²) < 4.78 is 0. The van der Waals surface area contributed by atoms with Crippen molar-refractivity contribution in [1.82, 2.24) is 21.3 Å². The summed E-state index contributed by atoms with van der Waals surface area (Å²) in [4.78, 5) is 80.5. The van der Waals surface area contributed by atoms with E-state index in [1.54, 1.807) is 0 Å². The summed E-state index contributed by atoms with van der Waals surface area (Å²) in [6.07, 6.45) is -1.70. The van der Waals surface area contributed by atoms with Crippen LogP contribution in [0.15, 0.2) is 0 Å². The molecule has 0 saturated heterocycles. The quantitative estimate of drug-likeness (QED) is 0.108. The zero-order chi connectivity index (χ0) is 25.7. The fourth-order valence-electron chi connectivity index (χ4n) is 2.25. The van der Waals surface area contributed by atoms with Gasteiger partial charge in [-0.15, -0.1) is 0 Å². The van der Waals surface area contributed by atoms with E-state index < -0.39 is 98.1 Å². The number of amides is 4. The number of hydrogen-bond acceptors (Lipinski definition) is 9. The van der Waals surface area contributed by atoms with Gasteiger partial charge >= 0.3 is 17.9 Å². The molecule has 16 heteroatoms. The second kappa shape index (κ2) is 14.3. The maximum Gasteiger partial charge on any atom is 0.322 e. The number of rotatable bonds is 15. The van der Waals surface area contributed by atoms with E-state index in [2.05, 4.69) is 16.0 Å². The van der Waals surface area contributed by atoms with Gasteiger partial charge in [0.05, 0.1) is 19.1 Å². The number of hydrogen-bond donors (Lipinski definition) is 9. The van der Waals surface area contributed by atoms with Crippen LogP contribution in [0.25, 0.3) is 0 Å². The van der Waals surface area contributed by atoms with Crippen molar-refractivity contribution in [2.24, 2.45) is 5.73 Å². The van der Waals surface area contributed by atoms with Gasteiger partial charge in [-0.1, -0.05) is 0 Å². The van der Waals surface area contributed by atoms with Gasteiger partial charge in [-0.05, 0) is 13.3 Å². The molecule has 0 heterocycles. The van der Waals surface area contributed by atoms with E-state index in [1.807, 2.05) is 5.32 Å². The average molecular weight is 477 g/mol. The Morgan fingerprint density at radius 2 is 1.33 bits per heavy atom. The average Bonchev–Trinajstić information content (AvgIpc) is 2.71. The number of carboxylic acid groups (broad SMARTS) is 3. The Bertz CT molecular complexity index is 772. The molecule has 0 radical (unpaired) electrons. The molecule has 4 atom stereocenters. The van der Waals surface area contributed by atoms with Crippen molar-refractivity contribution in [2.45, 2.75) is 50.4 Å². The lowest BCUT2D eigenvalue weighted by atomic mass is 10.1. The number of aliphatic hydroxyl groups is 1. The van der Waals surface area contributed by atoms with Crippen molar-refractivity contribution in [3.8, 4) is 0 Å². The molecule has 0 fully saturated rings. The lowest BCUT2D eigenvalue weighted by molar-refractivity contribution is -0.140. The molecule has 10 N–H and O–H groups in total. The Labute approximate surface area is 186 Å². The molecule has 0 aromatic heterocycles. The molecule has 0 aliphatic rings. The number of aliphatic hydroxyl groups excluding tert-OH is 1. The Kier molecular flexibility index (Phi) is 12.7. The number of nitrogens with two attached hydrogens (primary N) is 1. The minimum atomic E-state index is -1.52. The minimum absolute atomic E-state index is 0.405. The topological polar surface area (TPSA) is 275 Å².